The van der Waals surface area contributed by atoms with Crippen LogP contribution < -0.4 is 8.79 Å². The molecule has 0 nitrogen and oxygen atoms in total. The van der Waals surface area contributed by atoms with Crippen molar-refractivity contribution < 1.29 is 0 Å². The van der Waals surface area contributed by atoms with Gasteiger partial charge in [-0.3, -0.25) is 0 Å². The molecule has 2 aromatic carbocycles. The summed E-state index contributed by atoms with van der Waals surface area (Å²) in [5.74, 6) is 1.64. The summed E-state index contributed by atoms with van der Waals surface area (Å²) in [6, 6.07) is 11.2. The van der Waals surface area contributed by atoms with Gasteiger partial charge in [0.05, 0.1) is 0 Å². The van der Waals surface area contributed by atoms with E-state index in [9.17, 15) is 0 Å². The number of hydrogen-bond donors (Lipinski definition) is 0. The van der Waals surface area contributed by atoms with Crippen LogP contribution in [0, 0.1) is 0 Å². The molecule has 0 aromatic heterocycles. The molecule has 0 amide bonds. The molecule has 11 heteroatoms. The Balaban J connectivity index is 0.00000333. The fourth-order valence-electron chi connectivity index (χ4n) is 10.5. The van der Waals surface area contributed by atoms with Crippen LogP contribution in [0.3, 0.4) is 0 Å². The molecule has 0 fully saturated rings. The Hall–Kier alpha value is 2.36. The van der Waals surface area contributed by atoms with E-state index in [4.69, 9.17) is 0 Å². The second kappa shape index (κ2) is 20.3. The summed E-state index contributed by atoms with van der Waals surface area (Å²) >= 11 is 6.90. The normalized spacial score (nSPS) is 14.0. The van der Waals surface area contributed by atoms with Gasteiger partial charge in [0.2, 0.25) is 0 Å². The minimum absolute atomic E-state index is 0.541. The van der Waals surface area contributed by atoms with Crippen LogP contribution in [0.1, 0.15) is 108 Å². The van der Waals surface area contributed by atoms with Crippen molar-refractivity contribution in [1.29, 1.82) is 0 Å². The van der Waals surface area contributed by atoms with Crippen molar-refractivity contribution in [2.45, 2.75) is 193 Å². The maximum absolute atomic E-state index is 2.95. The molecule has 0 spiro atoms. The second-order valence-electron chi connectivity index (χ2n) is 23.4. The molecule has 2 aromatic rings. The minimum atomic E-state index is -1.58. The SMILES string of the molecule is CC(C)c1cc(C(C)C)[c]([Ge][c]2c(C([Si](C)(C)C)[Si](C)(C)C)cc(C([Si](C)(C)C)[Si](C)(C)C)cc2C([Si](C)(C)C)[Si](C)(C)C)c(C(C)C)c1.[Se][Se][Se][Se]. The van der Waals surface area contributed by atoms with E-state index in [1.165, 1.54) is 5.56 Å². The van der Waals surface area contributed by atoms with Crippen LogP contribution in [-0.2, 0) is 0 Å². The summed E-state index contributed by atoms with van der Waals surface area (Å²) in [5.41, 5.74) is 10.4. The van der Waals surface area contributed by atoms with Crippen molar-refractivity contribution in [1.82, 2.24) is 0 Å². The van der Waals surface area contributed by atoms with Gasteiger partial charge in [0, 0.05) is 0 Å². The molecule has 0 bridgehead atoms. The molecule has 0 saturated carbocycles. The van der Waals surface area contributed by atoms with E-state index in [1.54, 1.807) is 21.1 Å². The van der Waals surface area contributed by atoms with Gasteiger partial charge in [0.25, 0.3) is 0 Å². The summed E-state index contributed by atoms with van der Waals surface area (Å²) in [4.78, 5) is 0. The van der Waals surface area contributed by atoms with Gasteiger partial charge < -0.3 is 0 Å². The van der Waals surface area contributed by atoms with Gasteiger partial charge in [-0.15, -0.1) is 0 Å². The third-order valence-corrected chi connectivity index (χ3v) is 62.4. The fourth-order valence-corrected chi connectivity index (χ4v) is 54.0. The molecule has 53 heavy (non-hydrogen) atoms. The average Bonchev–Trinajstić information content (AvgIpc) is 2.89. The predicted molar refractivity (Wildman–Crippen MR) is 271 cm³/mol. The summed E-state index contributed by atoms with van der Waals surface area (Å²) in [6.45, 7) is 63.3. The third-order valence-electron chi connectivity index (χ3n) is 10.8. The van der Waals surface area contributed by atoms with E-state index in [0.29, 0.717) is 17.8 Å². The van der Waals surface area contributed by atoms with Gasteiger partial charge in [-0.25, -0.2) is 0 Å². The number of rotatable bonds is 15. The van der Waals surface area contributed by atoms with Crippen LogP contribution in [0.5, 0.6) is 0 Å². The van der Waals surface area contributed by atoms with Crippen molar-refractivity contribution in [3.8, 4) is 0 Å². The molecular weight excluding hydrogens is 1060 g/mol. The van der Waals surface area contributed by atoms with Crippen molar-refractivity contribution in [2.24, 2.45) is 0 Å². The molecule has 0 aliphatic rings. The second-order valence-corrected chi connectivity index (χ2v) is 78.5. The quantitative estimate of drug-likeness (QED) is 0.156. The Morgan fingerprint density at radius 3 is 0.830 bits per heavy atom. The van der Waals surface area contributed by atoms with Crippen molar-refractivity contribution in [2.75, 3.05) is 0 Å². The maximum atomic E-state index is 2.95. The molecule has 0 aliphatic heterocycles. The van der Waals surface area contributed by atoms with Gasteiger partial charge >= 0.3 is 374 Å². The summed E-state index contributed by atoms with van der Waals surface area (Å²) < 4.78 is 3.69. The Morgan fingerprint density at radius 1 is 0.377 bits per heavy atom. The van der Waals surface area contributed by atoms with Gasteiger partial charge in [-0.05, 0) is 0 Å². The van der Waals surface area contributed by atoms with Crippen LogP contribution in [0.15, 0.2) is 24.3 Å². The molecular formula is C42H82GeSe4Si6. The molecule has 0 saturated heterocycles. The predicted octanol–water partition coefficient (Wildman–Crippen LogP) is 11.7. The molecule has 0 heterocycles. The van der Waals surface area contributed by atoms with Crippen molar-refractivity contribution in [3.63, 3.8) is 0 Å². The Kier molecular flexibility index (Phi) is 20.4. The van der Waals surface area contributed by atoms with Gasteiger partial charge in [0.15, 0.2) is 0 Å². The topological polar surface area (TPSA) is 0 Å². The first-order chi connectivity index (χ1) is 23.5. The number of hydrogen-bond acceptors (Lipinski definition) is 0. The van der Waals surface area contributed by atoms with Crippen LogP contribution in [0.25, 0.3) is 0 Å². The van der Waals surface area contributed by atoms with Crippen LogP contribution >= 0.6 is 0 Å². The zero-order chi connectivity index (χ0) is 42.0. The zero-order valence-corrected chi connectivity index (χ0v) is 53.9. The molecule has 0 unspecified atom stereocenters. The standard InChI is InChI=1S/C42H82GeSi6.Se4/c1-29(2)32-25-34(30(3)4)38(35(26-32)31(5)6)43-39-36(41(46(13,14)15)47(16,17)18)27-33(40(44(7,8)9)45(10,11)12)28-37(39)42(48(19,20)21)49(22,23)24;1-3-4-2/h25-31,40-42H,1-24H3;. The first kappa shape index (κ1) is 53.4. The van der Waals surface area contributed by atoms with Crippen LogP contribution in [-0.4, -0.2) is 115 Å². The van der Waals surface area contributed by atoms with Crippen molar-refractivity contribution in [3.05, 3.63) is 57.6 Å². The molecule has 0 aliphatic carbocycles. The first-order valence-corrected chi connectivity index (χ1v) is 56.8. The Morgan fingerprint density at radius 2 is 0.623 bits per heavy atom. The molecule has 302 valence electrons. The van der Waals surface area contributed by atoms with E-state index in [1.807, 2.05) is 15.5 Å². The average molecular weight is 1140 g/mol. The fraction of sp³-hybridized carbons (Fsp3) is 0.714. The van der Waals surface area contributed by atoms with Gasteiger partial charge in [-0.1, -0.05) is 0 Å². The van der Waals surface area contributed by atoms with E-state index >= 15 is 0 Å². The number of benzene rings is 2. The summed E-state index contributed by atoms with van der Waals surface area (Å²) in [5, 5.41) is 2.28. The van der Waals surface area contributed by atoms with E-state index in [2.05, 4.69) is 212 Å². The van der Waals surface area contributed by atoms with E-state index in [-0.39, 0.29) is 0 Å². The Bertz CT molecular complexity index is 1360. The third kappa shape index (κ3) is 15.1. The monoisotopic (exact) mass is 1150 g/mol. The van der Waals surface area contributed by atoms with Crippen molar-refractivity contribution >= 4 is 124 Å². The van der Waals surface area contributed by atoms with Gasteiger partial charge in [-0.2, -0.15) is 0 Å². The van der Waals surface area contributed by atoms with E-state index in [0.717, 1.165) is 38.1 Å². The molecule has 0 N–H and O–H groups in total. The summed E-state index contributed by atoms with van der Waals surface area (Å²) in [7, 11) is -9.31. The summed E-state index contributed by atoms with van der Waals surface area (Å²) in [6.07, 6.45) is 0. The molecule has 2 rings (SSSR count). The zero-order valence-electron chi connectivity index (χ0n) is 38.9. The molecule has 0 atom stereocenters. The van der Waals surface area contributed by atoms with Gasteiger partial charge in [0.1, 0.15) is 0 Å². The first-order valence-electron chi connectivity index (χ1n) is 20.2. The molecule has 4 radical (unpaired) electrons. The Labute approximate surface area is 369 Å². The van der Waals surface area contributed by atoms with E-state index < -0.39 is 63.9 Å². The van der Waals surface area contributed by atoms with Crippen LogP contribution in [0.2, 0.25) is 118 Å². The van der Waals surface area contributed by atoms with Crippen LogP contribution in [0.4, 0.5) is 0 Å².